The molecule has 66 valence electrons. The van der Waals surface area contributed by atoms with E-state index in [1.807, 2.05) is 0 Å². The fourth-order valence-corrected chi connectivity index (χ4v) is 2.31. The molecule has 0 aromatic rings. The van der Waals surface area contributed by atoms with Crippen molar-refractivity contribution in [2.24, 2.45) is 5.92 Å². The van der Waals surface area contributed by atoms with E-state index in [1.54, 1.807) is 0 Å². The molecule has 0 amide bonds. The van der Waals surface area contributed by atoms with Crippen LogP contribution >= 0.6 is 15.9 Å². The molecule has 0 nitrogen and oxygen atoms in total. The summed E-state index contributed by atoms with van der Waals surface area (Å²) in [7, 11) is 0. The van der Waals surface area contributed by atoms with Crippen LogP contribution in [0, 0.1) is 5.92 Å². The Morgan fingerprint density at radius 1 is 1.27 bits per heavy atom. The number of hydrogen-bond donors (Lipinski definition) is 0. The second-order valence-corrected chi connectivity index (χ2v) is 4.88. The maximum Gasteiger partial charge on any atom is 0.0174 e. The van der Waals surface area contributed by atoms with Gasteiger partial charge in [-0.15, -0.1) is 0 Å². The van der Waals surface area contributed by atoms with Crippen molar-refractivity contribution < 1.29 is 0 Å². The summed E-state index contributed by atoms with van der Waals surface area (Å²) in [5.41, 5.74) is 0. The smallest absolute Gasteiger partial charge is 0.0174 e. The molecule has 1 saturated carbocycles. The van der Waals surface area contributed by atoms with Gasteiger partial charge in [-0.2, -0.15) is 0 Å². The third-order valence-corrected chi connectivity index (χ3v) is 3.67. The zero-order chi connectivity index (χ0) is 8.10. The van der Waals surface area contributed by atoms with Crippen LogP contribution in [-0.2, 0) is 0 Å². The molecule has 0 bridgehead atoms. The van der Waals surface area contributed by atoms with Crippen LogP contribution in [0.2, 0.25) is 0 Å². The Hall–Kier alpha value is 0.480. The molecule has 1 unspecified atom stereocenters. The highest BCUT2D eigenvalue weighted by atomic mass is 79.9. The van der Waals surface area contributed by atoms with E-state index in [9.17, 15) is 0 Å². The van der Waals surface area contributed by atoms with Gasteiger partial charge in [0.15, 0.2) is 0 Å². The lowest BCUT2D eigenvalue weighted by molar-refractivity contribution is 0.597. The molecule has 1 heteroatoms. The molecule has 0 radical (unpaired) electrons. The van der Waals surface area contributed by atoms with E-state index in [4.69, 9.17) is 0 Å². The molecule has 0 aromatic carbocycles. The first-order valence-corrected chi connectivity index (χ1v) is 5.90. The van der Waals surface area contributed by atoms with Crippen molar-refractivity contribution in [3.63, 3.8) is 0 Å². The Morgan fingerprint density at radius 2 is 2.00 bits per heavy atom. The monoisotopic (exact) mass is 218 g/mol. The van der Waals surface area contributed by atoms with Crippen molar-refractivity contribution in [1.82, 2.24) is 0 Å². The van der Waals surface area contributed by atoms with Gasteiger partial charge in [0.05, 0.1) is 0 Å². The minimum atomic E-state index is 0.847. The molecule has 0 N–H and O–H groups in total. The Balaban J connectivity index is 1.85. The molecule has 1 aliphatic rings. The zero-order valence-electron chi connectivity index (χ0n) is 7.48. The molecule has 1 atom stereocenters. The quantitative estimate of drug-likeness (QED) is 0.465. The van der Waals surface area contributed by atoms with E-state index in [1.165, 1.54) is 44.9 Å². The lowest BCUT2D eigenvalue weighted by Gasteiger charge is -2.06. The van der Waals surface area contributed by atoms with Crippen molar-refractivity contribution >= 4 is 15.9 Å². The SMILES string of the molecule is CCCCCCC(Br)C1CC1. The predicted octanol–water partition coefficient (Wildman–Crippen LogP) is 4.13. The minimum absolute atomic E-state index is 0.847. The molecule has 11 heavy (non-hydrogen) atoms. The highest BCUT2D eigenvalue weighted by Crippen LogP contribution is 2.38. The van der Waals surface area contributed by atoms with Gasteiger partial charge in [0, 0.05) is 4.83 Å². The summed E-state index contributed by atoms with van der Waals surface area (Å²) >= 11 is 3.76. The Labute approximate surface area is 78.9 Å². The lowest BCUT2D eigenvalue weighted by Crippen LogP contribution is -1.99. The third kappa shape index (κ3) is 4.15. The second-order valence-electron chi connectivity index (χ2n) is 3.70. The van der Waals surface area contributed by atoms with E-state index in [0.29, 0.717) is 0 Å². The summed E-state index contributed by atoms with van der Waals surface area (Å²) in [6.07, 6.45) is 10.0. The van der Waals surface area contributed by atoms with Gasteiger partial charge in [0.1, 0.15) is 0 Å². The van der Waals surface area contributed by atoms with Crippen molar-refractivity contribution in [2.45, 2.75) is 56.7 Å². The van der Waals surface area contributed by atoms with E-state index >= 15 is 0 Å². The van der Waals surface area contributed by atoms with Gasteiger partial charge in [-0.1, -0.05) is 48.5 Å². The van der Waals surface area contributed by atoms with Crippen molar-refractivity contribution in [3.8, 4) is 0 Å². The number of alkyl halides is 1. The number of hydrogen-bond acceptors (Lipinski definition) is 0. The average molecular weight is 219 g/mol. The van der Waals surface area contributed by atoms with Crippen molar-refractivity contribution in [3.05, 3.63) is 0 Å². The van der Waals surface area contributed by atoms with E-state index in [2.05, 4.69) is 22.9 Å². The number of rotatable bonds is 6. The van der Waals surface area contributed by atoms with E-state index in [-0.39, 0.29) is 0 Å². The minimum Gasteiger partial charge on any atom is -0.0888 e. The highest BCUT2D eigenvalue weighted by Gasteiger charge is 2.28. The topological polar surface area (TPSA) is 0 Å². The van der Waals surface area contributed by atoms with Crippen molar-refractivity contribution in [2.75, 3.05) is 0 Å². The van der Waals surface area contributed by atoms with Gasteiger partial charge in [-0.3, -0.25) is 0 Å². The molecule has 0 heterocycles. The van der Waals surface area contributed by atoms with Crippen LogP contribution in [0.5, 0.6) is 0 Å². The maximum atomic E-state index is 3.76. The fourth-order valence-electron chi connectivity index (χ4n) is 1.46. The summed E-state index contributed by atoms with van der Waals surface area (Å²) in [5.74, 6) is 1.04. The van der Waals surface area contributed by atoms with Gasteiger partial charge < -0.3 is 0 Å². The Morgan fingerprint density at radius 3 is 2.55 bits per heavy atom. The summed E-state index contributed by atoms with van der Waals surface area (Å²) in [5, 5.41) is 0. The second kappa shape index (κ2) is 5.18. The van der Waals surface area contributed by atoms with Crippen LogP contribution in [0.25, 0.3) is 0 Å². The lowest BCUT2D eigenvalue weighted by atomic mass is 10.1. The molecule has 1 fully saturated rings. The first-order chi connectivity index (χ1) is 5.34. The highest BCUT2D eigenvalue weighted by molar-refractivity contribution is 9.09. The Bertz CT molecular complexity index is 97.0. The first kappa shape index (κ1) is 9.57. The molecule has 1 rings (SSSR count). The third-order valence-electron chi connectivity index (χ3n) is 2.47. The van der Waals surface area contributed by atoms with E-state index in [0.717, 1.165) is 10.7 Å². The van der Waals surface area contributed by atoms with Crippen LogP contribution in [-0.4, -0.2) is 4.83 Å². The van der Waals surface area contributed by atoms with Gasteiger partial charge in [0.2, 0.25) is 0 Å². The van der Waals surface area contributed by atoms with Crippen LogP contribution in [0.1, 0.15) is 51.9 Å². The van der Waals surface area contributed by atoms with Gasteiger partial charge in [0.25, 0.3) is 0 Å². The summed E-state index contributed by atoms with van der Waals surface area (Å²) < 4.78 is 0. The van der Waals surface area contributed by atoms with Gasteiger partial charge in [-0.25, -0.2) is 0 Å². The van der Waals surface area contributed by atoms with Crippen LogP contribution in [0.15, 0.2) is 0 Å². The van der Waals surface area contributed by atoms with Gasteiger partial charge >= 0.3 is 0 Å². The van der Waals surface area contributed by atoms with Gasteiger partial charge in [-0.05, 0) is 25.2 Å². The average Bonchev–Trinajstić information content (AvgIpc) is 2.79. The fraction of sp³-hybridized carbons (Fsp3) is 1.00. The molecule has 1 aliphatic carbocycles. The largest absolute Gasteiger partial charge is 0.0888 e. The van der Waals surface area contributed by atoms with Crippen molar-refractivity contribution in [1.29, 1.82) is 0 Å². The summed E-state index contributed by atoms with van der Waals surface area (Å²) in [6.45, 7) is 2.27. The molecular weight excluding hydrogens is 200 g/mol. The zero-order valence-corrected chi connectivity index (χ0v) is 9.07. The van der Waals surface area contributed by atoms with Crippen LogP contribution in [0.4, 0.5) is 0 Å². The normalized spacial score (nSPS) is 20.2. The molecular formula is C10H19Br. The molecule has 0 saturated heterocycles. The number of halogens is 1. The molecule has 0 spiro atoms. The first-order valence-electron chi connectivity index (χ1n) is 4.98. The standard InChI is InChI=1S/C10H19Br/c1-2-3-4-5-6-10(11)9-7-8-9/h9-10H,2-8H2,1H3. The maximum absolute atomic E-state index is 3.76. The number of unbranched alkanes of at least 4 members (excludes halogenated alkanes) is 3. The van der Waals surface area contributed by atoms with E-state index < -0.39 is 0 Å². The van der Waals surface area contributed by atoms with Crippen LogP contribution < -0.4 is 0 Å². The van der Waals surface area contributed by atoms with Crippen LogP contribution in [0.3, 0.4) is 0 Å². The molecule has 0 aromatic heterocycles. The Kier molecular flexibility index (Phi) is 4.51. The predicted molar refractivity (Wildman–Crippen MR) is 54.2 cm³/mol. The summed E-state index contributed by atoms with van der Waals surface area (Å²) in [4.78, 5) is 0.847. The summed E-state index contributed by atoms with van der Waals surface area (Å²) in [6, 6.07) is 0. The molecule has 0 aliphatic heterocycles.